The molecule has 4 N–H and O–H groups in total. The van der Waals surface area contributed by atoms with Crippen LogP contribution in [-0.2, 0) is 16.1 Å². The van der Waals surface area contributed by atoms with Gasteiger partial charge in [0.1, 0.15) is 11.9 Å². The third-order valence-electron chi connectivity index (χ3n) is 2.99. The predicted octanol–water partition coefficient (Wildman–Crippen LogP) is 1.37. The molecule has 0 radical (unpaired) electrons. The van der Waals surface area contributed by atoms with Crippen LogP contribution < -0.4 is 11.1 Å². The van der Waals surface area contributed by atoms with E-state index in [0.717, 1.165) is 5.56 Å². The third-order valence-corrected chi connectivity index (χ3v) is 4.40. The summed E-state index contributed by atoms with van der Waals surface area (Å²) in [6.45, 7) is 3.67. The third kappa shape index (κ3) is 5.73. The summed E-state index contributed by atoms with van der Waals surface area (Å²) in [5.41, 5.74) is 6.36. The van der Waals surface area contributed by atoms with Gasteiger partial charge >= 0.3 is 5.97 Å². The minimum atomic E-state index is -1.10. The van der Waals surface area contributed by atoms with Gasteiger partial charge < -0.3 is 16.2 Å². The summed E-state index contributed by atoms with van der Waals surface area (Å²) in [4.78, 5) is 22.6. The fourth-order valence-electron chi connectivity index (χ4n) is 1.49. The van der Waals surface area contributed by atoms with Crippen molar-refractivity contribution in [1.29, 1.82) is 0 Å². The zero-order valence-corrected chi connectivity index (χ0v) is 12.7. The molecule has 0 aliphatic carbocycles. The molecular weight excluding hydrogens is 295 g/mol. The Hall–Kier alpha value is -1.60. The monoisotopic (exact) mass is 314 g/mol. The summed E-state index contributed by atoms with van der Waals surface area (Å²) in [5.74, 6) is -1.55. The van der Waals surface area contributed by atoms with Crippen molar-refractivity contribution in [1.82, 2.24) is 5.32 Å². The molecule has 0 saturated carbocycles. The number of nitrogens with two attached hydrogens (primary N) is 1. The second kappa shape index (κ2) is 7.42. The predicted molar refractivity (Wildman–Crippen MR) is 80.4 cm³/mol. The molecule has 0 aliphatic heterocycles. The maximum absolute atomic E-state index is 12.7. The van der Waals surface area contributed by atoms with Crippen molar-refractivity contribution in [2.75, 3.05) is 5.75 Å². The standard InChI is InChI=1S/C14H19FN2O3S/c1-14(2,12(16)13(19)20)21-8-11(18)17-7-9-3-5-10(15)6-4-9/h3-6,12H,7-8,16H2,1-2H3,(H,17,18)(H,19,20)/t12-/m1/s1. The van der Waals surface area contributed by atoms with Crippen molar-refractivity contribution in [2.24, 2.45) is 5.73 Å². The number of amides is 1. The topological polar surface area (TPSA) is 92.4 Å². The summed E-state index contributed by atoms with van der Waals surface area (Å²) in [5, 5.41) is 11.6. The van der Waals surface area contributed by atoms with Crippen molar-refractivity contribution < 1.29 is 19.1 Å². The second-order valence-electron chi connectivity index (χ2n) is 5.11. The quantitative estimate of drug-likeness (QED) is 0.707. The van der Waals surface area contributed by atoms with Crippen molar-refractivity contribution >= 4 is 23.6 Å². The van der Waals surface area contributed by atoms with Crippen molar-refractivity contribution in [3.8, 4) is 0 Å². The van der Waals surface area contributed by atoms with Crippen LogP contribution in [0, 0.1) is 5.82 Å². The number of hydrogen-bond acceptors (Lipinski definition) is 4. The number of rotatable bonds is 7. The fourth-order valence-corrected chi connectivity index (χ4v) is 2.38. The highest BCUT2D eigenvalue weighted by Crippen LogP contribution is 2.27. The van der Waals surface area contributed by atoms with Gasteiger partial charge in [-0.05, 0) is 31.5 Å². The lowest BCUT2D eigenvalue weighted by atomic mass is 10.1. The summed E-state index contributed by atoms with van der Waals surface area (Å²) < 4.78 is 12.0. The zero-order chi connectivity index (χ0) is 16.0. The highest BCUT2D eigenvalue weighted by atomic mass is 32.2. The van der Waals surface area contributed by atoms with E-state index in [1.165, 1.54) is 23.9 Å². The second-order valence-corrected chi connectivity index (χ2v) is 6.74. The Kier molecular flexibility index (Phi) is 6.17. The van der Waals surface area contributed by atoms with Crippen molar-refractivity contribution in [3.05, 3.63) is 35.6 Å². The molecule has 0 saturated heterocycles. The van der Waals surface area contributed by atoms with Crippen molar-refractivity contribution in [2.45, 2.75) is 31.2 Å². The molecule has 0 spiro atoms. The number of aliphatic carboxylic acids is 1. The van der Waals surface area contributed by atoms with Gasteiger partial charge in [0, 0.05) is 11.3 Å². The van der Waals surface area contributed by atoms with Gasteiger partial charge in [-0.1, -0.05) is 12.1 Å². The summed E-state index contributed by atoms with van der Waals surface area (Å²) in [7, 11) is 0. The Balaban J connectivity index is 2.40. The molecule has 0 aromatic heterocycles. The van der Waals surface area contributed by atoms with Crippen molar-refractivity contribution in [3.63, 3.8) is 0 Å². The number of carboxylic acids is 1. The maximum atomic E-state index is 12.7. The number of carbonyl (C=O) groups is 2. The molecule has 0 bridgehead atoms. The van der Waals surface area contributed by atoms with E-state index < -0.39 is 16.8 Å². The minimum Gasteiger partial charge on any atom is -0.480 e. The normalized spacial score (nSPS) is 12.8. The molecule has 0 heterocycles. The molecule has 0 fully saturated rings. The molecule has 0 aliphatic rings. The molecule has 1 amide bonds. The first kappa shape index (κ1) is 17.5. The lowest BCUT2D eigenvalue weighted by Crippen LogP contribution is -2.47. The molecule has 21 heavy (non-hydrogen) atoms. The molecule has 0 unspecified atom stereocenters. The lowest BCUT2D eigenvalue weighted by Gasteiger charge is -2.27. The fraction of sp³-hybridized carbons (Fsp3) is 0.429. The van der Waals surface area contributed by atoms with E-state index in [9.17, 15) is 14.0 Å². The van der Waals surface area contributed by atoms with E-state index in [1.54, 1.807) is 26.0 Å². The van der Waals surface area contributed by atoms with Crippen LogP contribution in [0.5, 0.6) is 0 Å². The average Bonchev–Trinajstić information content (AvgIpc) is 2.43. The van der Waals surface area contributed by atoms with Crippen LogP contribution in [0.1, 0.15) is 19.4 Å². The van der Waals surface area contributed by atoms with Crippen LogP contribution in [-0.4, -0.2) is 33.5 Å². The Morgan fingerprint density at radius 2 is 1.95 bits per heavy atom. The van der Waals surface area contributed by atoms with Crippen LogP contribution in [0.3, 0.4) is 0 Å². The number of hydrogen-bond donors (Lipinski definition) is 3. The van der Waals surface area contributed by atoms with Gasteiger partial charge in [0.15, 0.2) is 0 Å². The molecule has 7 heteroatoms. The maximum Gasteiger partial charge on any atom is 0.321 e. The Morgan fingerprint density at radius 1 is 1.38 bits per heavy atom. The molecule has 116 valence electrons. The highest BCUT2D eigenvalue weighted by molar-refractivity contribution is 8.01. The van der Waals surface area contributed by atoms with Crippen LogP contribution in [0.25, 0.3) is 0 Å². The van der Waals surface area contributed by atoms with E-state index in [4.69, 9.17) is 10.8 Å². The Morgan fingerprint density at radius 3 is 2.48 bits per heavy atom. The van der Waals surface area contributed by atoms with E-state index in [2.05, 4.69) is 5.32 Å². The Labute approximate surface area is 127 Å². The summed E-state index contributed by atoms with van der Waals surface area (Å²) >= 11 is 1.18. The largest absolute Gasteiger partial charge is 0.480 e. The van der Waals surface area contributed by atoms with Gasteiger partial charge in [-0.25, -0.2) is 4.39 Å². The smallest absolute Gasteiger partial charge is 0.321 e. The summed E-state index contributed by atoms with van der Waals surface area (Å²) in [6, 6.07) is 4.78. The molecular formula is C14H19FN2O3S. The molecule has 1 aromatic carbocycles. The van der Waals surface area contributed by atoms with Gasteiger partial charge in [0.2, 0.25) is 5.91 Å². The molecule has 1 aromatic rings. The van der Waals surface area contributed by atoms with E-state index in [0.29, 0.717) is 6.54 Å². The van der Waals surface area contributed by atoms with E-state index in [1.807, 2.05) is 0 Å². The van der Waals surface area contributed by atoms with E-state index in [-0.39, 0.29) is 17.5 Å². The minimum absolute atomic E-state index is 0.106. The summed E-state index contributed by atoms with van der Waals surface area (Å²) in [6.07, 6.45) is 0. The first-order chi connectivity index (χ1) is 9.72. The molecule has 5 nitrogen and oxygen atoms in total. The highest BCUT2D eigenvalue weighted by Gasteiger charge is 2.33. The van der Waals surface area contributed by atoms with Gasteiger partial charge in [0.05, 0.1) is 5.75 Å². The van der Waals surface area contributed by atoms with Gasteiger partial charge in [-0.2, -0.15) is 0 Å². The number of nitrogens with one attached hydrogen (secondary N) is 1. The van der Waals surface area contributed by atoms with Crippen LogP contribution in [0.2, 0.25) is 0 Å². The number of carbonyl (C=O) groups excluding carboxylic acids is 1. The van der Waals surface area contributed by atoms with Crippen LogP contribution in [0.15, 0.2) is 24.3 Å². The lowest BCUT2D eigenvalue weighted by molar-refractivity contribution is -0.139. The van der Waals surface area contributed by atoms with E-state index >= 15 is 0 Å². The number of thioether (sulfide) groups is 1. The van der Waals surface area contributed by atoms with Gasteiger partial charge in [0.25, 0.3) is 0 Å². The zero-order valence-electron chi connectivity index (χ0n) is 11.9. The number of benzene rings is 1. The first-order valence-electron chi connectivity index (χ1n) is 6.36. The SMILES string of the molecule is CC(C)(SCC(=O)NCc1ccc(F)cc1)[C@H](N)C(=O)O. The average molecular weight is 314 g/mol. The van der Waals surface area contributed by atoms with Gasteiger partial charge in [-0.15, -0.1) is 11.8 Å². The Bertz CT molecular complexity index is 505. The van der Waals surface area contributed by atoms with Crippen LogP contribution in [0.4, 0.5) is 4.39 Å². The molecule has 1 atom stereocenters. The number of carboxylic acid groups (broad SMARTS) is 1. The van der Waals surface area contributed by atoms with Gasteiger partial charge in [-0.3, -0.25) is 9.59 Å². The molecule has 1 rings (SSSR count). The first-order valence-corrected chi connectivity index (χ1v) is 7.34. The van der Waals surface area contributed by atoms with Crippen LogP contribution >= 0.6 is 11.8 Å². The number of halogens is 1.